The second-order valence-electron chi connectivity index (χ2n) is 6.23. The lowest BCUT2D eigenvalue weighted by Gasteiger charge is -2.28. The number of para-hydroxylation sites is 1. The second kappa shape index (κ2) is 7.63. The minimum Gasteiger partial charge on any atom is -0.456 e. The smallest absolute Gasteiger partial charge is 0.139 e. The minimum atomic E-state index is -0.397. The van der Waals surface area contributed by atoms with Crippen LogP contribution in [0.15, 0.2) is 77.7 Å². The van der Waals surface area contributed by atoms with Crippen LogP contribution in [0.5, 0.6) is 5.75 Å². The molecule has 2 nitrogen and oxygen atoms in total. The van der Waals surface area contributed by atoms with Crippen molar-refractivity contribution < 1.29 is 9.53 Å². The zero-order chi connectivity index (χ0) is 18.8. The Morgan fingerprint density at radius 3 is 2.26 bits per heavy atom. The van der Waals surface area contributed by atoms with E-state index in [1.807, 2.05) is 66.9 Å². The summed E-state index contributed by atoms with van der Waals surface area (Å²) in [5.41, 5.74) is 3.60. The van der Waals surface area contributed by atoms with Crippen molar-refractivity contribution in [2.24, 2.45) is 0 Å². The van der Waals surface area contributed by atoms with Gasteiger partial charge >= 0.3 is 0 Å². The van der Waals surface area contributed by atoms with E-state index >= 15 is 0 Å². The summed E-state index contributed by atoms with van der Waals surface area (Å²) in [6.45, 7) is 0. The Morgan fingerprint density at radius 2 is 1.59 bits per heavy atom. The van der Waals surface area contributed by atoms with Gasteiger partial charge in [-0.05, 0) is 42.2 Å². The van der Waals surface area contributed by atoms with Crippen molar-refractivity contribution in [3.05, 3.63) is 94.5 Å². The molecule has 3 aromatic carbocycles. The zero-order valence-corrected chi connectivity index (χ0v) is 16.3. The van der Waals surface area contributed by atoms with Gasteiger partial charge in [-0.2, -0.15) is 0 Å². The van der Waals surface area contributed by atoms with Gasteiger partial charge in [-0.15, -0.1) is 11.8 Å². The van der Waals surface area contributed by atoms with E-state index in [0.717, 1.165) is 34.3 Å². The van der Waals surface area contributed by atoms with Gasteiger partial charge in [-0.25, -0.2) is 0 Å². The molecule has 134 valence electrons. The number of halogens is 1. The predicted octanol–water partition coefficient (Wildman–Crippen LogP) is 6.31. The molecule has 1 aliphatic rings. The van der Waals surface area contributed by atoms with Crippen molar-refractivity contribution >= 4 is 41.0 Å². The standard InChI is InChI=1S/C23H17ClO2S/c1-27-18-12-8-16(9-13-18)23-22(15-6-10-17(24)11-7-15)20(14-25)19-4-2-3-5-21(19)26-23/h2-14,20H,1H3. The molecule has 1 unspecified atom stereocenters. The van der Waals surface area contributed by atoms with Crippen molar-refractivity contribution in [2.45, 2.75) is 10.8 Å². The Morgan fingerprint density at radius 1 is 0.926 bits per heavy atom. The van der Waals surface area contributed by atoms with Crippen LogP contribution in [-0.2, 0) is 4.79 Å². The third kappa shape index (κ3) is 3.41. The van der Waals surface area contributed by atoms with E-state index in [1.165, 1.54) is 4.90 Å². The highest BCUT2D eigenvalue weighted by Gasteiger charge is 2.31. The van der Waals surface area contributed by atoms with Crippen LogP contribution in [0.25, 0.3) is 11.3 Å². The van der Waals surface area contributed by atoms with Gasteiger partial charge in [0.2, 0.25) is 0 Å². The molecule has 0 saturated carbocycles. The highest BCUT2D eigenvalue weighted by Crippen LogP contribution is 2.46. The third-order valence-electron chi connectivity index (χ3n) is 4.67. The summed E-state index contributed by atoms with van der Waals surface area (Å²) in [4.78, 5) is 13.3. The first-order chi connectivity index (χ1) is 13.2. The Labute approximate surface area is 167 Å². The number of fused-ring (bicyclic) bond motifs is 1. The van der Waals surface area contributed by atoms with Crippen molar-refractivity contribution in [1.29, 1.82) is 0 Å². The monoisotopic (exact) mass is 392 g/mol. The lowest BCUT2D eigenvalue weighted by molar-refractivity contribution is -0.108. The normalized spacial score (nSPS) is 15.9. The molecule has 0 amide bonds. The van der Waals surface area contributed by atoms with Crippen molar-refractivity contribution in [2.75, 3.05) is 6.26 Å². The molecule has 4 heteroatoms. The van der Waals surface area contributed by atoms with Crippen LogP contribution in [0.1, 0.15) is 22.6 Å². The van der Waals surface area contributed by atoms with Crippen LogP contribution in [0.3, 0.4) is 0 Å². The number of thioether (sulfide) groups is 1. The van der Waals surface area contributed by atoms with Gasteiger partial charge in [0.05, 0.1) is 5.92 Å². The predicted molar refractivity (Wildman–Crippen MR) is 112 cm³/mol. The fourth-order valence-electron chi connectivity index (χ4n) is 3.33. The number of carbonyl (C=O) groups excluding carboxylic acids is 1. The van der Waals surface area contributed by atoms with Crippen molar-refractivity contribution in [3.8, 4) is 5.75 Å². The Kier molecular flexibility index (Phi) is 5.06. The molecule has 0 spiro atoms. The Balaban J connectivity index is 1.94. The highest BCUT2D eigenvalue weighted by atomic mass is 35.5. The number of aldehydes is 1. The first-order valence-electron chi connectivity index (χ1n) is 8.58. The van der Waals surface area contributed by atoms with Gasteiger partial charge in [0.25, 0.3) is 0 Å². The molecule has 0 aromatic heterocycles. The molecular formula is C23H17ClO2S. The van der Waals surface area contributed by atoms with E-state index in [2.05, 4.69) is 12.1 Å². The van der Waals surface area contributed by atoms with E-state index in [-0.39, 0.29) is 0 Å². The topological polar surface area (TPSA) is 26.3 Å². The third-order valence-corrected chi connectivity index (χ3v) is 5.66. The summed E-state index contributed by atoms with van der Waals surface area (Å²) in [6.07, 6.45) is 3.03. The van der Waals surface area contributed by atoms with Crippen LogP contribution in [0.2, 0.25) is 5.02 Å². The molecule has 0 saturated heterocycles. The molecule has 1 heterocycles. The summed E-state index contributed by atoms with van der Waals surface area (Å²) in [5.74, 6) is 1.03. The molecular weight excluding hydrogens is 376 g/mol. The molecule has 0 radical (unpaired) electrons. The highest BCUT2D eigenvalue weighted by molar-refractivity contribution is 7.98. The van der Waals surface area contributed by atoms with Gasteiger partial charge < -0.3 is 9.53 Å². The van der Waals surface area contributed by atoms with Gasteiger partial charge in [-0.1, -0.05) is 54.1 Å². The van der Waals surface area contributed by atoms with E-state index < -0.39 is 5.92 Å². The number of benzene rings is 3. The van der Waals surface area contributed by atoms with Crippen LogP contribution in [-0.4, -0.2) is 12.5 Å². The maximum atomic E-state index is 12.1. The first-order valence-corrected chi connectivity index (χ1v) is 10.2. The van der Waals surface area contributed by atoms with Crippen LogP contribution >= 0.6 is 23.4 Å². The van der Waals surface area contributed by atoms with Gasteiger partial charge in [0.1, 0.15) is 17.8 Å². The fraction of sp³-hybridized carbons (Fsp3) is 0.0870. The van der Waals surface area contributed by atoms with Gasteiger partial charge in [0, 0.05) is 26.6 Å². The lowest BCUT2D eigenvalue weighted by atomic mass is 9.83. The Hall–Kier alpha value is -2.49. The van der Waals surface area contributed by atoms with E-state index in [1.54, 1.807) is 11.8 Å². The molecule has 1 atom stereocenters. The number of carbonyl (C=O) groups is 1. The summed E-state index contributed by atoms with van der Waals surface area (Å²) < 4.78 is 6.30. The van der Waals surface area contributed by atoms with Crippen molar-refractivity contribution in [3.63, 3.8) is 0 Å². The lowest BCUT2D eigenvalue weighted by Crippen LogP contribution is -2.15. The minimum absolute atomic E-state index is 0.397. The molecule has 0 fully saturated rings. The molecule has 0 N–H and O–H groups in total. The molecule has 27 heavy (non-hydrogen) atoms. The summed E-state index contributed by atoms with van der Waals surface area (Å²) in [7, 11) is 0. The fourth-order valence-corrected chi connectivity index (χ4v) is 3.86. The Bertz CT molecular complexity index is 1010. The maximum absolute atomic E-state index is 12.1. The number of hydrogen-bond donors (Lipinski definition) is 0. The van der Waals surface area contributed by atoms with Crippen molar-refractivity contribution in [1.82, 2.24) is 0 Å². The summed E-state index contributed by atoms with van der Waals surface area (Å²) in [6, 6.07) is 23.4. The quantitative estimate of drug-likeness (QED) is 0.384. The van der Waals surface area contributed by atoms with E-state index in [9.17, 15) is 4.79 Å². The molecule has 3 aromatic rings. The zero-order valence-electron chi connectivity index (χ0n) is 14.7. The molecule has 1 aliphatic heterocycles. The molecule has 0 aliphatic carbocycles. The average molecular weight is 393 g/mol. The molecule has 0 bridgehead atoms. The van der Waals surface area contributed by atoms with Gasteiger partial charge in [0.15, 0.2) is 0 Å². The number of rotatable bonds is 4. The van der Waals surface area contributed by atoms with Crippen LogP contribution < -0.4 is 4.74 Å². The van der Waals surface area contributed by atoms with Crippen LogP contribution in [0.4, 0.5) is 0 Å². The van der Waals surface area contributed by atoms with E-state index in [0.29, 0.717) is 10.8 Å². The van der Waals surface area contributed by atoms with Gasteiger partial charge in [-0.3, -0.25) is 0 Å². The van der Waals surface area contributed by atoms with E-state index in [4.69, 9.17) is 16.3 Å². The maximum Gasteiger partial charge on any atom is 0.139 e. The summed E-state index contributed by atoms with van der Waals surface area (Å²) >= 11 is 7.76. The first kappa shape index (κ1) is 17.9. The van der Waals surface area contributed by atoms with Crippen LogP contribution in [0, 0.1) is 0 Å². The number of ether oxygens (including phenoxy) is 1. The SMILES string of the molecule is CSc1ccc(C2=C(c3ccc(Cl)cc3)C(C=O)c3ccccc3O2)cc1. The summed E-state index contributed by atoms with van der Waals surface area (Å²) in [5, 5.41) is 0.657. The number of hydrogen-bond acceptors (Lipinski definition) is 3. The second-order valence-corrected chi connectivity index (χ2v) is 7.55. The molecule has 4 rings (SSSR count). The number of allylic oxidation sites excluding steroid dienone is 1. The average Bonchev–Trinajstić information content (AvgIpc) is 2.73. The largest absolute Gasteiger partial charge is 0.456 e.